The van der Waals surface area contributed by atoms with Crippen molar-refractivity contribution >= 4 is 62.9 Å². The van der Waals surface area contributed by atoms with Crippen LogP contribution < -0.4 is 15.4 Å². The molecular formula is C19H14Cl2N2O2S. The lowest BCUT2D eigenvalue weighted by atomic mass is 10.1. The van der Waals surface area contributed by atoms with Crippen molar-refractivity contribution in [3.63, 3.8) is 0 Å². The second-order valence-electron chi connectivity index (χ2n) is 5.39. The number of ether oxygens (including phenoxy) is 1. The Hall–Kier alpha value is -2.34. The summed E-state index contributed by atoms with van der Waals surface area (Å²) in [6, 6.07) is 18.5. The van der Waals surface area contributed by atoms with E-state index >= 15 is 0 Å². The zero-order chi connectivity index (χ0) is 18.5. The molecule has 0 aliphatic heterocycles. The molecule has 3 rings (SSSR count). The van der Waals surface area contributed by atoms with Crippen LogP contribution in [0.4, 0.5) is 5.69 Å². The molecule has 7 heteroatoms. The number of halogens is 2. The Morgan fingerprint density at radius 3 is 2.62 bits per heavy atom. The van der Waals surface area contributed by atoms with Crippen LogP contribution in [0.2, 0.25) is 10.0 Å². The van der Waals surface area contributed by atoms with Crippen LogP contribution in [-0.2, 0) is 4.79 Å². The zero-order valence-corrected chi connectivity index (χ0v) is 15.8. The normalized spacial score (nSPS) is 10.4. The molecule has 0 aromatic heterocycles. The summed E-state index contributed by atoms with van der Waals surface area (Å²) in [5.41, 5.74) is 0.815. The first-order valence-electron chi connectivity index (χ1n) is 7.69. The molecule has 0 aliphatic rings. The molecule has 0 aliphatic carbocycles. The summed E-state index contributed by atoms with van der Waals surface area (Å²) in [4.78, 5) is 12.0. The van der Waals surface area contributed by atoms with Gasteiger partial charge in [-0.1, -0.05) is 59.6 Å². The van der Waals surface area contributed by atoms with E-state index in [1.54, 1.807) is 18.2 Å². The Balaban J connectivity index is 1.58. The maximum atomic E-state index is 12.0. The Morgan fingerprint density at radius 2 is 1.81 bits per heavy atom. The van der Waals surface area contributed by atoms with Gasteiger partial charge in [0.25, 0.3) is 5.91 Å². The number of carbonyl (C=O) groups excluding carboxylic acids is 1. The number of amides is 1. The topological polar surface area (TPSA) is 50.4 Å². The van der Waals surface area contributed by atoms with E-state index < -0.39 is 5.91 Å². The predicted molar refractivity (Wildman–Crippen MR) is 110 cm³/mol. The molecule has 132 valence electrons. The number of thiocarbonyl (C=S) groups is 1. The van der Waals surface area contributed by atoms with Gasteiger partial charge < -0.3 is 10.1 Å². The van der Waals surface area contributed by atoms with Crippen molar-refractivity contribution in [3.05, 3.63) is 70.7 Å². The third-order valence-corrected chi connectivity index (χ3v) is 4.28. The average molecular weight is 405 g/mol. The summed E-state index contributed by atoms with van der Waals surface area (Å²) in [5.74, 6) is -0.0205. The number of anilines is 1. The van der Waals surface area contributed by atoms with Crippen molar-refractivity contribution < 1.29 is 9.53 Å². The van der Waals surface area contributed by atoms with Gasteiger partial charge in [-0.2, -0.15) is 0 Å². The number of fused-ring (bicyclic) bond motifs is 1. The lowest BCUT2D eigenvalue weighted by Gasteiger charge is -2.12. The summed E-state index contributed by atoms with van der Waals surface area (Å²) < 4.78 is 5.38. The first kappa shape index (κ1) is 18.5. The van der Waals surface area contributed by atoms with Gasteiger partial charge in [0.2, 0.25) is 0 Å². The zero-order valence-electron chi connectivity index (χ0n) is 13.5. The van der Waals surface area contributed by atoms with Gasteiger partial charge in [0.05, 0.1) is 5.02 Å². The third kappa shape index (κ3) is 4.64. The van der Waals surface area contributed by atoms with Crippen LogP contribution in [-0.4, -0.2) is 17.6 Å². The SMILES string of the molecule is O=C(COc1ccc(Cl)cc1Cl)NC(=S)Nc1cccc2ccccc12. The van der Waals surface area contributed by atoms with Crippen LogP contribution in [0.3, 0.4) is 0 Å². The van der Waals surface area contributed by atoms with Crippen molar-refractivity contribution in [2.45, 2.75) is 0 Å². The van der Waals surface area contributed by atoms with Gasteiger partial charge in [0.1, 0.15) is 5.75 Å². The van der Waals surface area contributed by atoms with E-state index in [-0.39, 0.29) is 11.7 Å². The molecule has 3 aromatic rings. The van der Waals surface area contributed by atoms with E-state index in [9.17, 15) is 4.79 Å². The number of hydrogen-bond donors (Lipinski definition) is 2. The molecule has 0 unspecified atom stereocenters. The first-order chi connectivity index (χ1) is 12.5. The van der Waals surface area contributed by atoms with Crippen molar-refractivity contribution in [2.75, 3.05) is 11.9 Å². The van der Waals surface area contributed by atoms with Crippen LogP contribution in [0.15, 0.2) is 60.7 Å². The molecule has 0 spiro atoms. The van der Waals surface area contributed by atoms with E-state index in [1.165, 1.54) is 0 Å². The Labute approximate surface area is 166 Å². The Bertz CT molecular complexity index is 973. The van der Waals surface area contributed by atoms with Gasteiger partial charge in [-0.3, -0.25) is 10.1 Å². The minimum atomic E-state index is -0.395. The van der Waals surface area contributed by atoms with E-state index in [0.717, 1.165) is 16.5 Å². The summed E-state index contributed by atoms with van der Waals surface area (Å²) in [6.07, 6.45) is 0. The van der Waals surface area contributed by atoms with Crippen molar-refractivity contribution in [1.82, 2.24) is 5.32 Å². The highest BCUT2D eigenvalue weighted by Crippen LogP contribution is 2.27. The summed E-state index contributed by atoms with van der Waals surface area (Å²) in [7, 11) is 0. The van der Waals surface area contributed by atoms with Crippen LogP contribution in [0, 0.1) is 0 Å². The fourth-order valence-electron chi connectivity index (χ4n) is 2.39. The Kier molecular flexibility index (Phi) is 5.93. The molecule has 0 fully saturated rings. The van der Waals surface area contributed by atoms with Crippen LogP contribution in [0.25, 0.3) is 10.8 Å². The molecule has 0 radical (unpaired) electrons. The molecule has 0 saturated carbocycles. The molecule has 0 heterocycles. The van der Waals surface area contributed by atoms with E-state index in [1.807, 2.05) is 42.5 Å². The summed E-state index contributed by atoms with van der Waals surface area (Å²) in [5, 5.41) is 8.72. The van der Waals surface area contributed by atoms with Gasteiger partial charge in [-0.25, -0.2) is 0 Å². The maximum Gasteiger partial charge on any atom is 0.264 e. The average Bonchev–Trinajstić information content (AvgIpc) is 2.61. The molecule has 3 aromatic carbocycles. The monoisotopic (exact) mass is 404 g/mol. The highest BCUT2D eigenvalue weighted by molar-refractivity contribution is 7.80. The highest BCUT2D eigenvalue weighted by Gasteiger charge is 2.09. The van der Waals surface area contributed by atoms with Crippen LogP contribution in [0.5, 0.6) is 5.75 Å². The van der Waals surface area contributed by atoms with Gasteiger partial charge in [0, 0.05) is 16.1 Å². The van der Waals surface area contributed by atoms with Gasteiger partial charge >= 0.3 is 0 Å². The van der Waals surface area contributed by atoms with E-state index in [4.69, 9.17) is 40.2 Å². The first-order valence-corrected chi connectivity index (χ1v) is 8.86. The van der Waals surface area contributed by atoms with Gasteiger partial charge in [-0.15, -0.1) is 0 Å². The summed E-state index contributed by atoms with van der Waals surface area (Å²) in [6.45, 7) is -0.224. The van der Waals surface area contributed by atoms with Crippen LogP contribution >= 0.6 is 35.4 Å². The molecule has 2 N–H and O–H groups in total. The largest absolute Gasteiger partial charge is 0.482 e. The molecule has 4 nitrogen and oxygen atoms in total. The lowest BCUT2D eigenvalue weighted by molar-refractivity contribution is -0.121. The predicted octanol–water partition coefficient (Wildman–Crippen LogP) is 5.04. The smallest absolute Gasteiger partial charge is 0.264 e. The van der Waals surface area contributed by atoms with E-state index in [0.29, 0.717) is 15.8 Å². The Morgan fingerprint density at radius 1 is 1.04 bits per heavy atom. The number of nitrogens with one attached hydrogen (secondary N) is 2. The number of carbonyl (C=O) groups is 1. The third-order valence-electron chi connectivity index (χ3n) is 3.54. The maximum absolute atomic E-state index is 12.0. The number of rotatable bonds is 4. The number of hydrogen-bond acceptors (Lipinski definition) is 3. The van der Waals surface area contributed by atoms with Crippen molar-refractivity contribution in [3.8, 4) is 5.75 Å². The standard InChI is InChI=1S/C19H14Cl2N2O2S/c20-13-8-9-17(15(21)10-13)25-11-18(24)23-19(26)22-16-7-3-5-12-4-1-2-6-14(12)16/h1-10H,11H2,(H2,22,23,24,26). The summed E-state index contributed by atoms with van der Waals surface area (Å²) >= 11 is 17.0. The molecule has 26 heavy (non-hydrogen) atoms. The molecular weight excluding hydrogens is 391 g/mol. The molecule has 0 saturated heterocycles. The molecule has 1 amide bonds. The van der Waals surface area contributed by atoms with Gasteiger partial charge in [-0.05, 0) is 41.9 Å². The quantitative estimate of drug-likeness (QED) is 0.598. The minimum Gasteiger partial charge on any atom is -0.482 e. The fourth-order valence-corrected chi connectivity index (χ4v) is 3.07. The van der Waals surface area contributed by atoms with Crippen molar-refractivity contribution in [1.29, 1.82) is 0 Å². The molecule has 0 bridgehead atoms. The highest BCUT2D eigenvalue weighted by atomic mass is 35.5. The lowest BCUT2D eigenvalue weighted by Crippen LogP contribution is -2.37. The van der Waals surface area contributed by atoms with E-state index in [2.05, 4.69) is 10.6 Å². The van der Waals surface area contributed by atoms with Crippen LogP contribution in [0.1, 0.15) is 0 Å². The van der Waals surface area contributed by atoms with Gasteiger partial charge in [0.15, 0.2) is 11.7 Å². The fraction of sp³-hybridized carbons (Fsp3) is 0.0526. The number of benzene rings is 3. The van der Waals surface area contributed by atoms with Crippen molar-refractivity contribution in [2.24, 2.45) is 0 Å². The second kappa shape index (κ2) is 8.36. The minimum absolute atomic E-state index is 0.192. The molecule has 0 atom stereocenters. The second-order valence-corrected chi connectivity index (χ2v) is 6.64.